The highest BCUT2D eigenvalue weighted by Gasteiger charge is 2.20. The second-order valence-corrected chi connectivity index (χ2v) is 3.26. The second-order valence-electron chi connectivity index (χ2n) is 2.87. The second kappa shape index (κ2) is 2.86. The van der Waals surface area contributed by atoms with Crippen molar-refractivity contribution < 1.29 is 0 Å². The molecule has 0 saturated heterocycles. The molecule has 0 aromatic carbocycles. The predicted octanol–water partition coefficient (Wildman–Crippen LogP) is 1.96. The van der Waals surface area contributed by atoms with Crippen molar-refractivity contribution in [2.24, 2.45) is 4.99 Å². The molecule has 60 valence electrons. The number of rotatable bonds is 0. The topological polar surface area (TPSA) is 15.6 Å². The third kappa shape index (κ3) is 1.27. The van der Waals surface area contributed by atoms with E-state index in [1.54, 1.807) is 0 Å². The number of aliphatic imine (C=N–C) groups is 1. The highest BCUT2D eigenvalue weighted by atomic mass is 35.5. The van der Waals surface area contributed by atoms with E-state index in [0.717, 1.165) is 31.1 Å². The zero-order valence-electron chi connectivity index (χ0n) is 6.39. The minimum Gasteiger partial charge on any atom is -0.321 e. The lowest BCUT2D eigenvalue weighted by Gasteiger charge is -2.17. The maximum Gasteiger partial charge on any atom is 0.106 e. The van der Waals surface area contributed by atoms with Crippen molar-refractivity contribution in [3.8, 4) is 0 Å². The fourth-order valence-electron chi connectivity index (χ4n) is 1.53. The van der Waals surface area contributed by atoms with Gasteiger partial charge in [0.2, 0.25) is 0 Å². The normalized spacial score (nSPS) is 23.9. The molecule has 3 heteroatoms. The van der Waals surface area contributed by atoms with Crippen molar-refractivity contribution in [3.63, 3.8) is 0 Å². The molecule has 0 amide bonds. The first-order chi connectivity index (χ1) is 5.38. The van der Waals surface area contributed by atoms with E-state index in [1.165, 1.54) is 12.3 Å². The first-order valence-corrected chi connectivity index (χ1v) is 4.42. The van der Waals surface area contributed by atoms with Gasteiger partial charge in [0.1, 0.15) is 11.0 Å². The van der Waals surface area contributed by atoms with Gasteiger partial charge in [-0.25, -0.2) is 0 Å². The van der Waals surface area contributed by atoms with Gasteiger partial charge in [-0.05, 0) is 18.9 Å². The van der Waals surface area contributed by atoms with E-state index >= 15 is 0 Å². The summed E-state index contributed by atoms with van der Waals surface area (Å²) in [5.74, 6) is 1.18. The molecule has 0 unspecified atom stereocenters. The van der Waals surface area contributed by atoms with E-state index in [1.807, 2.05) is 0 Å². The molecule has 0 aliphatic carbocycles. The largest absolute Gasteiger partial charge is 0.321 e. The molecule has 0 atom stereocenters. The van der Waals surface area contributed by atoms with Crippen LogP contribution in [0.3, 0.4) is 0 Å². The summed E-state index contributed by atoms with van der Waals surface area (Å²) in [6.45, 7) is 2.01. The number of hydrogen-bond acceptors (Lipinski definition) is 2. The summed E-state index contributed by atoms with van der Waals surface area (Å²) >= 11 is 5.96. The fraction of sp³-hybridized carbons (Fsp3) is 0.625. The molecule has 2 heterocycles. The van der Waals surface area contributed by atoms with Gasteiger partial charge in [0.05, 0.1) is 0 Å². The molecule has 0 saturated carbocycles. The molecule has 2 nitrogen and oxygen atoms in total. The van der Waals surface area contributed by atoms with Crippen molar-refractivity contribution in [2.75, 3.05) is 13.1 Å². The summed E-state index contributed by atoms with van der Waals surface area (Å²) in [6.07, 6.45) is 5.42. The van der Waals surface area contributed by atoms with Crippen molar-refractivity contribution >= 4 is 17.4 Å². The van der Waals surface area contributed by atoms with E-state index in [-0.39, 0.29) is 0 Å². The van der Waals surface area contributed by atoms with E-state index in [2.05, 4.69) is 16.0 Å². The van der Waals surface area contributed by atoms with Crippen molar-refractivity contribution in [1.82, 2.24) is 4.90 Å². The van der Waals surface area contributed by atoms with Gasteiger partial charge in [0, 0.05) is 19.5 Å². The van der Waals surface area contributed by atoms with Crippen LogP contribution in [0.25, 0.3) is 0 Å². The van der Waals surface area contributed by atoms with Crippen molar-refractivity contribution in [2.45, 2.75) is 19.3 Å². The van der Waals surface area contributed by atoms with Crippen LogP contribution in [0, 0.1) is 0 Å². The number of halogens is 1. The zero-order chi connectivity index (χ0) is 7.68. The van der Waals surface area contributed by atoms with Crippen LogP contribution in [0.5, 0.6) is 0 Å². The maximum atomic E-state index is 5.96. The molecule has 0 aromatic heterocycles. The molecule has 2 rings (SSSR count). The lowest BCUT2D eigenvalue weighted by Crippen LogP contribution is -2.24. The third-order valence-electron chi connectivity index (χ3n) is 2.09. The zero-order valence-corrected chi connectivity index (χ0v) is 7.14. The molecule has 2 aliphatic heterocycles. The fourth-order valence-corrected chi connectivity index (χ4v) is 1.82. The van der Waals surface area contributed by atoms with Crippen LogP contribution in [-0.4, -0.2) is 23.8 Å². The minimum atomic E-state index is 0.866. The van der Waals surface area contributed by atoms with E-state index in [4.69, 9.17) is 11.6 Å². The van der Waals surface area contributed by atoms with Gasteiger partial charge < -0.3 is 4.90 Å². The van der Waals surface area contributed by atoms with Crippen LogP contribution in [0.4, 0.5) is 0 Å². The predicted molar refractivity (Wildman–Crippen MR) is 46.8 cm³/mol. The SMILES string of the molecule is ClC1=CCCN1C1=NCCC1. The Kier molecular flexibility index (Phi) is 1.86. The first kappa shape index (κ1) is 7.17. The summed E-state index contributed by atoms with van der Waals surface area (Å²) in [5.41, 5.74) is 0. The van der Waals surface area contributed by atoms with E-state index in [9.17, 15) is 0 Å². The molecule has 2 aliphatic rings. The molecular formula is C8H11ClN2. The van der Waals surface area contributed by atoms with Crippen LogP contribution in [0.1, 0.15) is 19.3 Å². The lowest BCUT2D eigenvalue weighted by atomic mass is 10.3. The Balaban J connectivity index is 2.10. The quantitative estimate of drug-likeness (QED) is 0.508. The minimum absolute atomic E-state index is 0.866. The van der Waals surface area contributed by atoms with Crippen LogP contribution in [0.2, 0.25) is 0 Å². The molecule has 11 heavy (non-hydrogen) atoms. The van der Waals surface area contributed by atoms with Crippen LogP contribution in [0.15, 0.2) is 16.2 Å². The summed E-state index contributed by atoms with van der Waals surface area (Å²) in [4.78, 5) is 6.51. The van der Waals surface area contributed by atoms with Gasteiger partial charge >= 0.3 is 0 Å². The average Bonchev–Trinajstić information content (AvgIpc) is 2.55. The number of hydrogen-bond donors (Lipinski definition) is 0. The average molecular weight is 171 g/mol. The Morgan fingerprint density at radius 1 is 1.55 bits per heavy atom. The highest BCUT2D eigenvalue weighted by Crippen LogP contribution is 2.22. The van der Waals surface area contributed by atoms with Crippen LogP contribution in [-0.2, 0) is 0 Å². The van der Waals surface area contributed by atoms with Gasteiger partial charge in [-0.1, -0.05) is 11.6 Å². The molecule has 0 N–H and O–H groups in total. The standard InChI is InChI=1S/C8H11ClN2/c9-7-3-2-6-11(7)8-4-1-5-10-8/h3H,1-2,4-6H2. The molecule has 0 spiro atoms. The molecular weight excluding hydrogens is 160 g/mol. The molecule has 0 radical (unpaired) electrons. The van der Waals surface area contributed by atoms with Gasteiger partial charge in [0.25, 0.3) is 0 Å². The van der Waals surface area contributed by atoms with Crippen molar-refractivity contribution in [3.05, 3.63) is 11.2 Å². The smallest absolute Gasteiger partial charge is 0.106 e. The Bertz CT molecular complexity index is 220. The van der Waals surface area contributed by atoms with Gasteiger partial charge in [-0.2, -0.15) is 0 Å². The van der Waals surface area contributed by atoms with Crippen LogP contribution >= 0.6 is 11.6 Å². The Morgan fingerprint density at radius 3 is 3.00 bits per heavy atom. The van der Waals surface area contributed by atoms with Crippen molar-refractivity contribution in [1.29, 1.82) is 0 Å². The summed E-state index contributed by atoms with van der Waals surface area (Å²) < 4.78 is 0. The number of nitrogens with zero attached hydrogens (tertiary/aromatic N) is 2. The Hall–Kier alpha value is -0.500. The summed E-state index contributed by atoms with van der Waals surface area (Å²) in [5, 5.41) is 0.866. The molecule has 0 fully saturated rings. The van der Waals surface area contributed by atoms with Crippen LogP contribution < -0.4 is 0 Å². The monoisotopic (exact) mass is 170 g/mol. The highest BCUT2D eigenvalue weighted by molar-refractivity contribution is 6.30. The van der Waals surface area contributed by atoms with E-state index < -0.39 is 0 Å². The number of amidine groups is 1. The maximum absolute atomic E-state index is 5.96. The van der Waals surface area contributed by atoms with Gasteiger partial charge in [0.15, 0.2) is 0 Å². The Morgan fingerprint density at radius 2 is 2.45 bits per heavy atom. The van der Waals surface area contributed by atoms with E-state index in [0.29, 0.717) is 0 Å². The van der Waals surface area contributed by atoms with Gasteiger partial charge in [-0.3, -0.25) is 4.99 Å². The summed E-state index contributed by atoms with van der Waals surface area (Å²) in [7, 11) is 0. The third-order valence-corrected chi connectivity index (χ3v) is 2.45. The molecule has 0 aromatic rings. The van der Waals surface area contributed by atoms with Gasteiger partial charge in [-0.15, -0.1) is 0 Å². The first-order valence-electron chi connectivity index (χ1n) is 4.04. The molecule has 0 bridgehead atoms. The summed E-state index contributed by atoms with van der Waals surface area (Å²) in [6, 6.07) is 0. The lowest BCUT2D eigenvalue weighted by molar-refractivity contribution is 0.579. The Labute approximate surface area is 71.6 Å².